The number of guanidine groups is 1. The van der Waals surface area contributed by atoms with Crippen LogP contribution >= 0.6 is 23.2 Å². The van der Waals surface area contributed by atoms with Crippen LogP contribution in [0.15, 0.2) is 23.2 Å². The predicted octanol–water partition coefficient (Wildman–Crippen LogP) is 3.29. The Hall–Kier alpha value is -1.50. The molecule has 2 rings (SSSR count). The number of carbonyl (C=O) groups is 1. The van der Waals surface area contributed by atoms with Gasteiger partial charge in [0.25, 0.3) is 0 Å². The van der Waals surface area contributed by atoms with Gasteiger partial charge in [-0.3, -0.25) is 14.7 Å². The molecule has 0 aromatic heterocycles. The fourth-order valence-electron chi connectivity index (χ4n) is 3.14. The summed E-state index contributed by atoms with van der Waals surface area (Å²) in [6.45, 7) is 9.83. The first-order chi connectivity index (χ1) is 13.7. The molecule has 0 radical (unpaired) electrons. The summed E-state index contributed by atoms with van der Waals surface area (Å²) >= 11 is 12.1. The Labute approximate surface area is 184 Å². The topological polar surface area (TPSA) is 68.8 Å². The van der Waals surface area contributed by atoms with Crippen LogP contribution in [-0.4, -0.2) is 56.0 Å². The fraction of sp³-hybridized carbons (Fsp3) is 0.619. The zero-order valence-electron chi connectivity index (χ0n) is 17.8. The molecular formula is C21H33Cl2N5O. The van der Waals surface area contributed by atoms with Gasteiger partial charge >= 0.3 is 0 Å². The van der Waals surface area contributed by atoms with Crippen molar-refractivity contribution in [2.24, 2.45) is 10.4 Å². The largest absolute Gasteiger partial charge is 0.355 e. The smallest absolute Gasteiger partial charge is 0.225 e. The van der Waals surface area contributed by atoms with E-state index in [4.69, 9.17) is 23.2 Å². The first kappa shape index (κ1) is 23.8. The van der Waals surface area contributed by atoms with E-state index >= 15 is 0 Å². The zero-order valence-corrected chi connectivity index (χ0v) is 19.3. The number of amides is 1. The highest BCUT2D eigenvalue weighted by molar-refractivity contribution is 6.42. The third-order valence-corrected chi connectivity index (χ3v) is 5.67. The second kappa shape index (κ2) is 11.0. The van der Waals surface area contributed by atoms with E-state index in [0.717, 1.165) is 38.4 Å². The van der Waals surface area contributed by atoms with E-state index < -0.39 is 0 Å². The van der Waals surface area contributed by atoms with Gasteiger partial charge in [-0.2, -0.15) is 0 Å². The van der Waals surface area contributed by atoms with Crippen LogP contribution in [0.3, 0.4) is 0 Å². The Morgan fingerprint density at radius 2 is 1.79 bits per heavy atom. The number of hydrogen-bond donors (Lipinski definition) is 3. The maximum absolute atomic E-state index is 11.9. The average molecular weight is 442 g/mol. The first-order valence-electron chi connectivity index (χ1n) is 10.1. The standard InChI is InChI=1S/C21H33Cl2N5O/c1-21(2,3)19(29)25-9-10-26-20(24-4)27-16-7-11-28(12-8-16)14-15-5-6-17(22)18(23)13-15/h5-6,13,16H,7-12,14H2,1-4H3,(H,25,29)(H2,24,26,27). The first-order valence-corrected chi connectivity index (χ1v) is 10.9. The zero-order chi connectivity index (χ0) is 21.4. The molecule has 1 aromatic carbocycles. The van der Waals surface area contributed by atoms with Crippen LogP contribution in [0.25, 0.3) is 0 Å². The number of rotatable bonds is 6. The number of nitrogens with zero attached hydrogens (tertiary/aromatic N) is 2. The Morgan fingerprint density at radius 1 is 1.14 bits per heavy atom. The van der Waals surface area contributed by atoms with Crippen LogP contribution in [0, 0.1) is 5.41 Å². The van der Waals surface area contributed by atoms with Gasteiger partial charge in [-0.05, 0) is 30.5 Å². The summed E-state index contributed by atoms with van der Waals surface area (Å²) in [6, 6.07) is 6.21. The van der Waals surface area contributed by atoms with E-state index in [2.05, 4.69) is 25.8 Å². The van der Waals surface area contributed by atoms with Gasteiger partial charge < -0.3 is 16.0 Å². The summed E-state index contributed by atoms with van der Waals surface area (Å²) in [5.74, 6) is 0.828. The minimum atomic E-state index is -0.370. The lowest BCUT2D eigenvalue weighted by Crippen LogP contribution is -2.49. The molecule has 0 aliphatic carbocycles. The number of carbonyl (C=O) groups excluding carboxylic acids is 1. The van der Waals surface area contributed by atoms with E-state index in [9.17, 15) is 4.79 Å². The summed E-state index contributed by atoms with van der Waals surface area (Å²) in [5, 5.41) is 10.9. The molecule has 0 spiro atoms. The van der Waals surface area contributed by atoms with Crippen molar-refractivity contribution in [3.8, 4) is 0 Å². The third-order valence-electron chi connectivity index (χ3n) is 4.93. The molecule has 0 saturated carbocycles. The molecule has 1 fully saturated rings. The molecule has 0 unspecified atom stereocenters. The van der Waals surface area contributed by atoms with Crippen LogP contribution in [0.5, 0.6) is 0 Å². The molecule has 0 atom stereocenters. The number of nitrogens with one attached hydrogen (secondary N) is 3. The highest BCUT2D eigenvalue weighted by atomic mass is 35.5. The molecule has 6 nitrogen and oxygen atoms in total. The van der Waals surface area contributed by atoms with E-state index in [0.29, 0.717) is 29.2 Å². The third kappa shape index (κ3) is 8.03. The quantitative estimate of drug-likeness (QED) is 0.359. The molecular weight excluding hydrogens is 409 g/mol. The monoisotopic (exact) mass is 441 g/mol. The van der Waals surface area contributed by atoms with Gasteiger partial charge in [-0.25, -0.2) is 0 Å². The molecule has 1 saturated heterocycles. The van der Waals surface area contributed by atoms with Gasteiger partial charge in [-0.1, -0.05) is 50.0 Å². The van der Waals surface area contributed by atoms with Crippen LogP contribution in [-0.2, 0) is 11.3 Å². The molecule has 1 aliphatic rings. The Balaban J connectivity index is 1.69. The van der Waals surface area contributed by atoms with Crippen molar-refractivity contribution >= 4 is 35.1 Å². The Kier molecular flexibility index (Phi) is 9.05. The minimum absolute atomic E-state index is 0.0524. The number of benzene rings is 1. The lowest BCUT2D eigenvalue weighted by atomic mass is 9.96. The summed E-state index contributed by atoms with van der Waals surface area (Å²) in [6.07, 6.45) is 2.09. The van der Waals surface area contributed by atoms with Crippen molar-refractivity contribution in [1.29, 1.82) is 0 Å². The predicted molar refractivity (Wildman–Crippen MR) is 122 cm³/mol. The van der Waals surface area contributed by atoms with Crippen LogP contribution in [0.4, 0.5) is 0 Å². The molecule has 8 heteroatoms. The second-order valence-electron chi connectivity index (χ2n) is 8.45. The number of piperidine rings is 1. The summed E-state index contributed by atoms with van der Waals surface area (Å²) in [4.78, 5) is 18.6. The van der Waals surface area contributed by atoms with Crippen molar-refractivity contribution in [2.75, 3.05) is 33.2 Å². The van der Waals surface area contributed by atoms with Gasteiger partial charge in [0.15, 0.2) is 5.96 Å². The number of aliphatic imine (C=N–C) groups is 1. The molecule has 29 heavy (non-hydrogen) atoms. The van der Waals surface area contributed by atoms with E-state index in [1.54, 1.807) is 7.05 Å². The highest BCUT2D eigenvalue weighted by Crippen LogP contribution is 2.24. The fourth-order valence-corrected chi connectivity index (χ4v) is 3.46. The maximum atomic E-state index is 11.9. The van der Waals surface area contributed by atoms with Crippen LogP contribution < -0.4 is 16.0 Å². The van der Waals surface area contributed by atoms with E-state index in [1.807, 2.05) is 39.0 Å². The number of hydrogen-bond acceptors (Lipinski definition) is 3. The van der Waals surface area contributed by atoms with E-state index in [1.165, 1.54) is 5.56 Å². The van der Waals surface area contributed by atoms with Crippen molar-refractivity contribution < 1.29 is 4.79 Å². The van der Waals surface area contributed by atoms with Crippen molar-refractivity contribution in [2.45, 2.75) is 46.2 Å². The molecule has 1 heterocycles. The maximum Gasteiger partial charge on any atom is 0.225 e. The van der Waals surface area contributed by atoms with Crippen LogP contribution in [0.2, 0.25) is 10.0 Å². The lowest BCUT2D eigenvalue weighted by molar-refractivity contribution is -0.128. The van der Waals surface area contributed by atoms with Gasteiger partial charge in [0.05, 0.1) is 10.0 Å². The lowest BCUT2D eigenvalue weighted by Gasteiger charge is -2.33. The van der Waals surface area contributed by atoms with E-state index in [-0.39, 0.29) is 11.3 Å². The SMILES string of the molecule is CN=C(NCCNC(=O)C(C)(C)C)NC1CCN(Cc2ccc(Cl)c(Cl)c2)CC1. The molecule has 1 aliphatic heterocycles. The molecule has 162 valence electrons. The highest BCUT2D eigenvalue weighted by Gasteiger charge is 2.21. The van der Waals surface area contributed by atoms with Gasteiger partial charge in [-0.15, -0.1) is 0 Å². The van der Waals surface area contributed by atoms with Gasteiger partial charge in [0.2, 0.25) is 5.91 Å². The number of likely N-dealkylation sites (tertiary alicyclic amines) is 1. The Bertz CT molecular complexity index is 710. The summed E-state index contributed by atoms with van der Waals surface area (Å²) in [7, 11) is 1.77. The molecule has 1 amide bonds. The molecule has 3 N–H and O–H groups in total. The Morgan fingerprint density at radius 3 is 2.38 bits per heavy atom. The van der Waals surface area contributed by atoms with Gasteiger partial charge in [0, 0.05) is 51.2 Å². The second-order valence-corrected chi connectivity index (χ2v) is 9.26. The number of halogens is 2. The van der Waals surface area contributed by atoms with Crippen molar-refractivity contribution in [3.05, 3.63) is 33.8 Å². The van der Waals surface area contributed by atoms with Crippen LogP contribution in [0.1, 0.15) is 39.2 Å². The minimum Gasteiger partial charge on any atom is -0.355 e. The van der Waals surface area contributed by atoms with Crippen molar-refractivity contribution in [1.82, 2.24) is 20.9 Å². The summed E-state index contributed by atoms with van der Waals surface area (Å²) in [5.41, 5.74) is 0.811. The average Bonchev–Trinajstić information content (AvgIpc) is 2.67. The summed E-state index contributed by atoms with van der Waals surface area (Å²) < 4.78 is 0. The van der Waals surface area contributed by atoms with Crippen molar-refractivity contribution in [3.63, 3.8) is 0 Å². The molecule has 0 bridgehead atoms. The molecule has 1 aromatic rings. The van der Waals surface area contributed by atoms with Gasteiger partial charge in [0.1, 0.15) is 0 Å². The normalized spacial score (nSPS) is 16.6.